The van der Waals surface area contributed by atoms with Gasteiger partial charge in [-0.05, 0) is 18.2 Å². The van der Waals surface area contributed by atoms with Gasteiger partial charge in [-0.15, -0.1) is 5.10 Å². The average molecular weight is 333 g/mol. The molecule has 0 saturated carbocycles. The van der Waals surface area contributed by atoms with Crippen molar-refractivity contribution >= 4 is 28.2 Å². The Labute approximate surface area is 134 Å². The lowest BCUT2D eigenvalue weighted by Crippen LogP contribution is -2.26. The Morgan fingerprint density at radius 3 is 2.78 bits per heavy atom. The number of nitro groups is 1. The number of nitrogens with zero attached hydrogens (tertiary/aromatic N) is 4. The van der Waals surface area contributed by atoms with Gasteiger partial charge in [0.05, 0.1) is 15.3 Å². The smallest absolute Gasteiger partial charge is 0.280 e. The third kappa shape index (κ3) is 2.97. The second-order valence-electron chi connectivity index (χ2n) is 4.56. The van der Waals surface area contributed by atoms with E-state index in [9.17, 15) is 14.9 Å². The van der Waals surface area contributed by atoms with Gasteiger partial charge in [0.25, 0.3) is 11.2 Å². The first kappa shape index (κ1) is 14.9. The molecule has 0 spiro atoms. The van der Waals surface area contributed by atoms with Crippen molar-refractivity contribution in [1.82, 2.24) is 15.0 Å². The largest absolute Gasteiger partial charge is 0.469 e. The first-order valence-electron chi connectivity index (χ1n) is 6.45. The molecule has 9 heteroatoms. The molecule has 0 bridgehead atoms. The number of aromatic nitrogens is 3. The second-order valence-corrected chi connectivity index (χ2v) is 4.96. The molecule has 1 heterocycles. The average Bonchev–Trinajstić information content (AvgIpc) is 2.55. The molecule has 1 aromatic heterocycles. The third-order valence-electron chi connectivity index (χ3n) is 3.10. The lowest BCUT2D eigenvalue weighted by atomic mass is 10.2. The first-order chi connectivity index (χ1) is 11.1. The lowest BCUT2D eigenvalue weighted by Gasteiger charge is -2.08. The van der Waals surface area contributed by atoms with Crippen LogP contribution in [0.2, 0.25) is 5.02 Å². The minimum absolute atomic E-state index is 0.0704. The standard InChI is InChI=1S/C14H9ClN4O4/c15-11-7-9(19(21)22)5-6-13(11)23-8-18-14(20)10-3-1-2-4-12(10)16-17-18/h1-7H,8H2. The number of ether oxygens (including phenoxy) is 1. The number of fused-ring (bicyclic) bond motifs is 1. The highest BCUT2D eigenvalue weighted by atomic mass is 35.5. The first-order valence-corrected chi connectivity index (χ1v) is 6.83. The summed E-state index contributed by atoms with van der Waals surface area (Å²) in [6, 6.07) is 10.6. The molecule has 0 aliphatic carbocycles. The van der Waals surface area contributed by atoms with Gasteiger partial charge in [-0.25, -0.2) is 0 Å². The fourth-order valence-electron chi connectivity index (χ4n) is 1.96. The molecule has 0 aliphatic rings. The Hall–Kier alpha value is -3.00. The van der Waals surface area contributed by atoms with Crippen LogP contribution in [0.25, 0.3) is 10.9 Å². The van der Waals surface area contributed by atoms with E-state index in [4.69, 9.17) is 16.3 Å². The van der Waals surface area contributed by atoms with Crippen LogP contribution in [0.5, 0.6) is 5.75 Å². The van der Waals surface area contributed by atoms with Crippen molar-refractivity contribution in [2.24, 2.45) is 0 Å². The summed E-state index contributed by atoms with van der Waals surface area (Å²) in [6.45, 7) is -0.214. The van der Waals surface area contributed by atoms with E-state index < -0.39 is 4.92 Å². The van der Waals surface area contributed by atoms with E-state index in [2.05, 4.69) is 10.3 Å². The van der Waals surface area contributed by atoms with Gasteiger partial charge in [-0.1, -0.05) is 28.9 Å². The van der Waals surface area contributed by atoms with Gasteiger partial charge in [0, 0.05) is 12.1 Å². The highest BCUT2D eigenvalue weighted by Gasteiger charge is 2.11. The monoisotopic (exact) mass is 332 g/mol. The van der Waals surface area contributed by atoms with Crippen LogP contribution < -0.4 is 10.3 Å². The Kier molecular flexibility index (Phi) is 3.90. The number of rotatable bonds is 4. The van der Waals surface area contributed by atoms with Crippen molar-refractivity contribution in [2.75, 3.05) is 0 Å². The van der Waals surface area contributed by atoms with E-state index in [0.717, 1.165) is 4.68 Å². The molecule has 0 unspecified atom stereocenters. The maximum absolute atomic E-state index is 12.2. The Morgan fingerprint density at radius 1 is 1.26 bits per heavy atom. The van der Waals surface area contributed by atoms with Gasteiger partial charge < -0.3 is 4.74 Å². The van der Waals surface area contributed by atoms with E-state index >= 15 is 0 Å². The van der Waals surface area contributed by atoms with Crippen molar-refractivity contribution in [3.05, 3.63) is 68.0 Å². The summed E-state index contributed by atoms with van der Waals surface area (Å²) in [7, 11) is 0. The molecule has 3 rings (SSSR count). The van der Waals surface area contributed by atoms with Crippen LogP contribution in [-0.4, -0.2) is 19.9 Å². The van der Waals surface area contributed by atoms with Crippen LogP contribution in [-0.2, 0) is 6.73 Å². The predicted octanol–water partition coefficient (Wildman–Crippen LogP) is 2.39. The minimum atomic E-state index is -0.561. The van der Waals surface area contributed by atoms with Crippen LogP contribution >= 0.6 is 11.6 Å². The van der Waals surface area contributed by atoms with Crippen LogP contribution in [0.4, 0.5) is 5.69 Å². The third-order valence-corrected chi connectivity index (χ3v) is 3.39. The lowest BCUT2D eigenvalue weighted by molar-refractivity contribution is -0.384. The van der Waals surface area contributed by atoms with Gasteiger partial charge in [0.15, 0.2) is 6.73 Å². The molecule has 8 nitrogen and oxygen atoms in total. The maximum Gasteiger partial charge on any atom is 0.280 e. The number of benzene rings is 2. The Bertz CT molecular complexity index is 957. The SMILES string of the molecule is O=c1c2ccccc2nnn1COc1ccc([N+](=O)[O-])cc1Cl. The van der Waals surface area contributed by atoms with Gasteiger partial charge in [-0.2, -0.15) is 4.68 Å². The molecule has 3 aromatic rings. The number of hydrogen-bond acceptors (Lipinski definition) is 6. The number of nitro benzene ring substituents is 1. The molecule has 0 amide bonds. The molecule has 0 saturated heterocycles. The van der Waals surface area contributed by atoms with Crippen molar-refractivity contribution in [3.63, 3.8) is 0 Å². The van der Waals surface area contributed by atoms with Crippen molar-refractivity contribution < 1.29 is 9.66 Å². The molecule has 116 valence electrons. The number of hydrogen-bond donors (Lipinski definition) is 0. The van der Waals surface area contributed by atoms with E-state index in [0.29, 0.717) is 10.9 Å². The zero-order valence-electron chi connectivity index (χ0n) is 11.5. The van der Waals surface area contributed by atoms with Crippen LogP contribution in [0.3, 0.4) is 0 Å². The summed E-state index contributed by atoms with van der Waals surface area (Å²) < 4.78 is 6.43. The molecule has 0 N–H and O–H groups in total. The Balaban J connectivity index is 1.85. The van der Waals surface area contributed by atoms with E-state index in [1.807, 2.05) is 0 Å². The van der Waals surface area contributed by atoms with Crippen molar-refractivity contribution in [2.45, 2.75) is 6.73 Å². The summed E-state index contributed by atoms with van der Waals surface area (Å²) >= 11 is 5.92. The second kappa shape index (κ2) is 6.01. The zero-order chi connectivity index (χ0) is 16.4. The molecule has 2 aromatic carbocycles. The highest BCUT2D eigenvalue weighted by molar-refractivity contribution is 6.32. The summed E-state index contributed by atoms with van der Waals surface area (Å²) in [6.07, 6.45) is 0. The highest BCUT2D eigenvalue weighted by Crippen LogP contribution is 2.28. The fourth-order valence-corrected chi connectivity index (χ4v) is 2.19. The molecular weight excluding hydrogens is 324 g/mol. The topological polar surface area (TPSA) is 100 Å². The summed E-state index contributed by atoms with van der Waals surface area (Å²) in [4.78, 5) is 22.3. The van der Waals surface area contributed by atoms with Crippen LogP contribution in [0, 0.1) is 10.1 Å². The van der Waals surface area contributed by atoms with Gasteiger partial charge in [0.2, 0.25) is 0 Å². The zero-order valence-corrected chi connectivity index (χ0v) is 12.3. The molecular formula is C14H9ClN4O4. The molecule has 0 radical (unpaired) electrons. The van der Waals surface area contributed by atoms with E-state index in [1.165, 1.54) is 18.2 Å². The summed E-state index contributed by atoms with van der Waals surface area (Å²) in [5, 5.41) is 18.8. The Morgan fingerprint density at radius 2 is 2.04 bits per heavy atom. The number of non-ortho nitro benzene ring substituents is 1. The molecule has 0 aliphatic heterocycles. The number of halogens is 1. The molecule has 0 fully saturated rings. The van der Waals surface area contributed by atoms with Gasteiger partial charge >= 0.3 is 0 Å². The normalized spacial score (nSPS) is 10.7. The van der Waals surface area contributed by atoms with Crippen molar-refractivity contribution in [3.8, 4) is 5.75 Å². The predicted molar refractivity (Wildman–Crippen MR) is 82.5 cm³/mol. The summed E-state index contributed by atoms with van der Waals surface area (Å²) in [5.74, 6) is 0.208. The fraction of sp³-hybridized carbons (Fsp3) is 0.0714. The maximum atomic E-state index is 12.2. The van der Waals surface area contributed by atoms with E-state index in [1.54, 1.807) is 24.3 Å². The summed E-state index contributed by atoms with van der Waals surface area (Å²) in [5.41, 5.74) is -0.0132. The quantitative estimate of drug-likeness (QED) is 0.537. The molecule has 0 atom stereocenters. The van der Waals surface area contributed by atoms with Crippen LogP contribution in [0.1, 0.15) is 0 Å². The minimum Gasteiger partial charge on any atom is -0.469 e. The van der Waals surface area contributed by atoms with Crippen molar-refractivity contribution in [1.29, 1.82) is 0 Å². The van der Waals surface area contributed by atoms with E-state index in [-0.39, 0.29) is 28.7 Å². The molecule has 23 heavy (non-hydrogen) atoms. The van der Waals surface area contributed by atoms with Gasteiger partial charge in [-0.3, -0.25) is 14.9 Å². The van der Waals surface area contributed by atoms with Gasteiger partial charge in [0.1, 0.15) is 11.3 Å². The van der Waals surface area contributed by atoms with Crippen LogP contribution in [0.15, 0.2) is 47.3 Å².